The maximum atomic E-state index is 6.20. The number of aromatic nitrogens is 2. The third kappa shape index (κ3) is 3.58. The van der Waals surface area contributed by atoms with Crippen LogP contribution in [0.4, 0.5) is 5.95 Å². The van der Waals surface area contributed by atoms with Gasteiger partial charge in [0.25, 0.3) is 0 Å². The van der Waals surface area contributed by atoms with E-state index < -0.39 is 0 Å². The third-order valence-corrected chi connectivity index (χ3v) is 4.99. The topological polar surface area (TPSA) is 66.2 Å². The summed E-state index contributed by atoms with van der Waals surface area (Å²) in [5.74, 6) is 1.22. The van der Waals surface area contributed by atoms with Gasteiger partial charge < -0.3 is 9.40 Å². The van der Waals surface area contributed by atoms with Crippen LogP contribution in [0.2, 0.25) is 10.0 Å². The van der Waals surface area contributed by atoms with Crippen LogP contribution in [0.15, 0.2) is 82.3 Å². The summed E-state index contributed by atoms with van der Waals surface area (Å²) in [6.07, 6.45) is 0. The van der Waals surface area contributed by atoms with E-state index in [0.717, 1.165) is 22.0 Å². The SMILES string of the molecule is Clc1ccc(-c2cc(=NNc3nc4ccccc4[nH]3)c3cc(Cl)ccc3o2)cc1. The Balaban J connectivity index is 1.64. The van der Waals surface area contributed by atoms with Crippen molar-refractivity contribution < 1.29 is 4.42 Å². The highest BCUT2D eigenvalue weighted by Gasteiger charge is 2.08. The monoisotopic (exact) mass is 420 g/mol. The second-order valence-electron chi connectivity index (χ2n) is 6.47. The quantitative estimate of drug-likeness (QED) is 0.341. The number of aromatic amines is 1. The molecule has 0 bridgehead atoms. The molecule has 5 rings (SSSR count). The van der Waals surface area contributed by atoms with Gasteiger partial charge in [-0.2, -0.15) is 5.10 Å². The molecule has 5 nitrogen and oxygen atoms in total. The Labute approximate surface area is 175 Å². The second-order valence-corrected chi connectivity index (χ2v) is 7.34. The molecule has 0 radical (unpaired) electrons. The predicted molar refractivity (Wildman–Crippen MR) is 117 cm³/mol. The molecular formula is C22H14Cl2N4O. The number of para-hydroxylation sites is 2. The van der Waals surface area contributed by atoms with Crippen LogP contribution in [0.1, 0.15) is 0 Å². The number of H-pyrrole nitrogens is 1. The van der Waals surface area contributed by atoms with Crippen LogP contribution in [0, 0.1) is 0 Å². The van der Waals surface area contributed by atoms with E-state index in [-0.39, 0.29) is 0 Å². The molecule has 29 heavy (non-hydrogen) atoms. The standard InChI is InChI=1S/C22H14Cl2N4O/c23-14-7-5-13(6-8-14)21-12-19(16-11-15(24)9-10-20(16)29-21)27-28-22-25-17-3-1-2-4-18(17)26-22/h1-12H,(H2,25,26,28). The minimum atomic E-state index is 0.551. The molecule has 2 heterocycles. The Bertz CT molecular complexity index is 1370. The van der Waals surface area contributed by atoms with Crippen molar-refractivity contribution in [2.75, 3.05) is 5.43 Å². The van der Waals surface area contributed by atoms with Crippen LogP contribution < -0.4 is 10.8 Å². The zero-order valence-corrected chi connectivity index (χ0v) is 16.5. The van der Waals surface area contributed by atoms with Crippen LogP contribution in [-0.4, -0.2) is 9.97 Å². The second kappa shape index (κ2) is 7.28. The highest BCUT2D eigenvalue weighted by atomic mass is 35.5. The van der Waals surface area contributed by atoms with Crippen LogP contribution >= 0.6 is 23.2 Å². The molecule has 0 atom stereocenters. The molecule has 0 saturated heterocycles. The van der Waals surface area contributed by atoms with E-state index in [1.807, 2.05) is 66.7 Å². The van der Waals surface area contributed by atoms with Crippen LogP contribution in [-0.2, 0) is 0 Å². The van der Waals surface area contributed by atoms with Gasteiger partial charge in [-0.15, -0.1) is 0 Å². The Morgan fingerprint density at radius 1 is 0.897 bits per heavy atom. The number of nitrogens with one attached hydrogen (secondary N) is 2. The van der Waals surface area contributed by atoms with Crippen molar-refractivity contribution in [1.29, 1.82) is 0 Å². The number of benzene rings is 3. The van der Waals surface area contributed by atoms with Gasteiger partial charge in [0.15, 0.2) is 0 Å². The number of hydrogen-bond donors (Lipinski definition) is 2. The summed E-state index contributed by atoms with van der Waals surface area (Å²) < 4.78 is 6.07. The molecule has 0 aliphatic rings. The first-order chi connectivity index (χ1) is 14.2. The number of anilines is 1. The van der Waals surface area contributed by atoms with E-state index in [4.69, 9.17) is 27.6 Å². The van der Waals surface area contributed by atoms with Crippen molar-refractivity contribution in [2.45, 2.75) is 0 Å². The molecule has 7 heteroatoms. The number of fused-ring (bicyclic) bond motifs is 2. The van der Waals surface area contributed by atoms with Gasteiger partial charge in [0.1, 0.15) is 11.3 Å². The van der Waals surface area contributed by atoms with Gasteiger partial charge in [-0.05, 0) is 54.6 Å². The summed E-state index contributed by atoms with van der Waals surface area (Å²) in [7, 11) is 0. The molecule has 0 aliphatic heterocycles. The summed E-state index contributed by atoms with van der Waals surface area (Å²) in [5.41, 5.74) is 6.37. The lowest BCUT2D eigenvalue weighted by molar-refractivity contribution is 0.618. The lowest BCUT2D eigenvalue weighted by Gasteiger charge is -2.06. The molecule has 0 unspecified atom stereocenters. The zero-order chi connectivity index (χ0) is 19.8. The predicted octanol–water partition coefficient (Wildman–Crippen LogP) is 6.21. The first-order valence-corrected chi connectivity index (χ1v) is 9.65. The molecule has 2 aromatic heterocycles. The number of halogens is 2. The smallest absolute Gasteiger partial charge is 0.222 e. The molecule has 3 aromatic carbocycles. The van der Waals surface area contributed by atoms with E-state index >= 15 is 0 Å². The first-order valence-electron chi connectivity index (χ1n) is 8.89. The van der Waals surface area contributed by atoms with Crippen LogP contribution in [0.25, 0.3) is 33.3 Å². The van der Waals surface area contributed by atoms with Crippen molar-refractivity contribution in [3.05, 3.63) is 88.2 Å². The van der Waals surface area contributed by atoms with Gasteiger partial charge in [0.05, 0.1) is 16.4 Å². The van der Waals surface area contributed by atoms with E-state index in [1.165, 1.54) is 0 Å². The maximum absolute atomic E-state index is 6.20. The number of rotatable bonds is 3. The fourth-order valence-corrected chi connectivity index (χ4v) is 3.41. The number of hydrogen-bond acceptors (Lipinski definition) is 4. The highest BCUT2D eigenvalue weighted by molar-refractivity contribution is 6.31. The highest BCUT2D eigenvalue weighted by Crippen LogP contribution is 2.25. The van der Waals surface area contributed by atoms with Gasteiger partial charge in [0.2, 0.25) is 5.95 Å². The number of nitrogens with zero attached hydrogens (tertiary/aromatic N) is 2. The first kappa shape index (κ1) is 17.8. The average Bonchev–Trinajstić information content (AvgIpc) is 3.15. The molecule has 0 spiro atoms. The molecule has 0 amide bonds. The Morgan fingerprint density at radius 3 is 2.52 bits per heavy atom. The van der Waals surface area contributed by atoms with Crippen molar-refractivity contribution in [1.82, 2.24) is 9.97 Å². The minimum Gasteiger partial charge on any atom is -0.456 e. The van der Waals surface area contributed by atoms with Gasteiger partial charge in [-0.1, -0.05) is 35.3 Å². The van der Waals surface area contributed by atoms with Gasteiger partial charge in [-0.3, -0.25) is 0 Å². The lowest BCUT2D eigenvalue weighted by Crippen LogP contribution is -2.08. The van der Waals surface area contributed by atoms with E-state index in [1.54, 1.807) is 6.07 Å². The summed E-state index contributed by atoms with van der Waals surface area (Å²) >= 11 is 12.2. The van der Waals surface area contributed by atoms with Gasteiger partial charge in [0, 0.05) is 27.1 Å². The van der Waals surface area contributed by atoms with E-state index in [9.17, 15) is 0 Å². The summed E-state index contributed by atoms with van der Waals surface area (Å²) in [4.78, 5) is 7.69. The average molecular weight is 421 g/mol. The Kier molecular flexibility index (Phi) is 4.46. The van der Waals surface area contributed by atoms with Crippen molar-refractivity contribution in [3.8, 4) is 11.3 Å². The summed E-state index contributed by atoms with van der Waals surface area (Å²) in [5, 5.41) is 7.30. The molecular weight excluding hydrogens is 407 g/mol. The third-order valence-electron chi connectivity index (χ3n) is 4.51. The van der Waals surface area contributed by atoms with E-state index in [0.29, 0.717) is 32.7 Å². The van der Waals surface area contributed by atoms with Crippen LogP contribution in [0.5, 0.6) is 0 Å². The zero-order valence-electron chi connectivity index (χ0n) is 15.0. The normalized spacial score (nSPS) is 12.0. The van der Waals surface area contributed by atoms with Gasteiger partial charge >= 0.3 is 0 Å². The summed E-state index contributed by atoms with van der Waals surface area (Å²) in [6, 6.07) is 22.5. The molecule has 2 N–H and O–H groups in total. The molecule has 0 aliphatic carbocycles. The fourth-order valence-electron chi connectivity index (χ4n) is 3.11. The van der Waals surface area contributed by atoms with Crippen LogP contribution in [0.3, 0.4) is 0 Å². The molecule has 5 aromatic rings. The van der Waals surface area contributed by atoms with Gasteiger partial charge in [-0.25, -0.2) is 10.4 Å². The minimum absolute atomic E-state index is 0.551. The summed E-state index contributed by atoms with van der Waals surface area (Å²) in [6.45, 7) is 0. The number of imidazole rings is 1. The lowest BCUT2D eigenvalue weighted by atomic mass is 10.1. The molecule has 0 fully saturated rings. The largest absolute Gasteiger partial charge is 0.456 e. The Morgan fingerprint density at radius 2 is 1.69 bits per heavy atom. The van der Waals surface area contributed by atoms with E-state index in [2.05, 4.69) is 20.5 Å². The van der Waals surface area contributed by atoms with Crippen molar-refractivity contribution >= 4 is 51.2 Å². The Hall–Kier alpha value is -3.28. The maximum Gasteiger partial charge on any atom is 0.222 e. The van der Waals surface area contributed by atoms with Crippen molar-refractivity contribution in [2.24, 2.45) is 5.10 Å². The fraction of sp³-hybridized carbons (Fsp3) is 0. The van der Waals surface area contributed by atoms with Crippen molar-refractivity contribution in [3.63, 3.8) is 0 Å². The molecule has 0 saturated carbocycles. The molecule has 142 valence electrons.